The average Bonchev–Trinajstić information content (AvgIpc) is 2.91. The molecule has 1 saturated carbocycles. The molecule has 5 N–H and O–H groups in total. The Balaban J connectivity index is 1.47. The first-order valence-electron chi connectivity index (χ1n) is 12.5. The quantitative estimate of drug-likeness (QED) is 0.369. The highest BCUT2D eigenvalue weighted by molar-refractivity contribution is 6.00. The zero-order chi connectivity index (χ0) is 25.3. The molecule has 0 atom stereocenters. The summed E-state index contributed by atoms with van der Waals surface area (Å²) in [6.45, 7) is 3.84. The third-order valence-electron chi connectivity index (χ3n) is 6.73. The van der Waals surface area contributed by atoms with E-state index < -0.39 is 6.09 Å². The molecule has 4 rings (SSSR count). The van der Waals surface area contributed by atoms with Gasteiger partial charge in [-0.2, -0.15) is 0 Å². The predicted octanol–water partition coefficient (Wildman–Crippen LogP) is 4.43. The van der Waals surface area contributed by atoms with E-state index in [1.54, 1.807) is 18.6 Å². The molecule has 3 aromatic rings. The van der Waals surface area contributed by atoms with Crippen LogP contribution in [0.15, 0.2) is 48.9 Å². The SMILES string of the molecule is CCNC(=O)Nc1cc2c(-c3ccncc3)ccc(CNC(=O)OC[C@H]3CC[C@H](CN)CC3)c2cn1. The van der Waals surface area contributed by atoms with Gasteiger partial charge in [0, 0.05) is 37.1 Å². The minimum atomic E-state index is -0.426. The van der Waals surface area contributed by atoms with Gasteiger partial charge in [0.1, 0.15) is 5.82 Å². The molecule has 190 valence electrons. The first-order chi connectivity index (χ1) is 17.6. The number of hydrogen-bond donors (Lipinski definition) is 4. The van der Waals surface area contributed by atoms with Crippen LogP contribution in [-0.2, 0) is 11.3 Å². The second-order valence-corrected chi connectivity index (χ2v) is 9.18. The third-order valence-corrected chi connectivity index (χ3v) is 6.73. The Labute approximate surface area is 211 Å². The molecule has 2 heterocycles. The van der Waals surface area contributed by atoms with Crippen molar-refractivity contribution in [2.24, 2.45) is 17.6 Å². The molecule has 0 spiro atoms. The summed E-state index contributed by atoms with van der Waals surface area (Å²) >= 11 is 0. The Morgan fingerprint density at radius 3 is 2.50 bits per heavy atom. The molecule has 0 saturated heterocycles. The number of ether oxygens (including phenoxy) is 1. The first-order valence-corrected chi connectivity index (χ1v) is 12.5. The molecule has 0 bridgehead atoms. The van der Waals surface area contributed by atoms with Crippen molar-refractivity contribution in [2.75, 3.05) is 25.0 Å². The van der Waals surface area contributed by atoms with Crippen LogP contribution in [0.1, 0.15) is 38.2 Å². The van der Waals surface area contributed by atoms with Crippen LogP contribution in [0.2, 0.25) is 0 Å². The monoisotopic (exact) mass is 490 g/mol. The summed E-state index contributed by atoms with van der Waals surface area (Å²) in [7, 11) is 0. The first kappa shape index (κ1) is 25.4. The number of alkyl carbamates (subject to hydrolysis) is 1. The van der Waals surface area contributed by atoms with Crippen molar-refractivity contribution >= 4 is 28.7 Å². The number of rotatable bonds is 8. The fourth-order valence-electron chi connectivity index (χ4n) is 4.67. The van der Waals surface area contributed by atoms with Crippen LogP contribution >= 0.6 is 0 Å². The summed E-state index contributed by atoms with van der Waals surface area (Å²) in [6.07, 6.45) is 9.08. The molecule has 1 aliphatic rings. The van der Waals surface area contributed by atoms with Crippen LogP contribution < -0.4 is 21.7 Å². The lowest BCUT2D eigenvalue weighted by atomic mass is 9.82. The van der Waals surface area contributed by atoms with E-state index in [2.05, 4.69) is 25.9 Å². The molecule has 1 aromatic carbocycles. The lowest BCUT2D eigenvalue weighted by molar-refractivity contribution is 0.109. The highest BCUT2D eigenvalue weighted by atomic mass is 16.5. The number of pyridine rings is 2. The number of hydrogen-bond acceptors (Lipinski definition) is 6. The van der Waals surface area contributed by atoms with Crippen molar-refractivity contribution in [3.05, 3.63) is 54.5 Å². The minimum absolute atomic E-state index is 0.302. The zero-order valence-corrected chi connectivity index (χ0v) is 20.6. The minimum Gasteiger partial charge on any atom is -0.449 e. The van der Waals surface area contributed by atoms with Gasteiger partial charge in [0.2, 0.25) is 0 Å². The Morgan fingerprint density at radius 1 is 1.03 bits per heavy atom. The van der Waals surface area contributed by atoms with E-state index >= 15 is 0 Å². The summed E-state index contributed by atoms with van der Waals surface area (Å²) in [4.78, 5) is 33.0. The number of anilines is 1. The van der Waals surface area contributed by atoms with Gasteiger partial charge in [-0.05, 0) is 91.3 Å². The van der Waals surface area contributed by atoms with Gasteiger partial charge in [-0.1, -0.05) is 12.1 Å². The van der Waals surface area contributed by atoms with Crippen molar-refractivity contribution in [1.29, 1.82) is 0 Å². The average molecular weight is 491 g/mol. The van der Waals surface area contributed by atoms with E-state index in [1.165, 1.54) is 0 Å². The number of aromatic nitrogens is 2. The lowest BCUT2D eigenvalue weighted by Crippen LogP contribution is -2.29. The molecule has 1 aliphatic carbocycles. The highest BCUT2D eigenvalue weighted by Gasteiger charge is 2.21. The Kier molecular flexibility index (Phi) is 8.67. The second kappa shape index (κ2) is 12.3. The molecule has 2 aromatic heterocycles. The summed E-state index contributed by atoms with van der Waals surface area (Å²) in [5, 5.41) is 10.1. The summed E-state index contributed by atoms with van der Waals surface area (Å²) < 4.78 is 5.50. The van der Waals surface area contributed by atoms with Gasteiger partial charge in [0.25, 0.3) is 0 Å². The largest absolute Gasteiger partial charge is 0.449 e. The van der Waals surface area contributed by atoms with E-state index in [-0.39, 0.29) is 6.03 Å². The molecule has 3 amide bonds. The van der Waals surface area contributed by atoms with Gasteiger partial charge in [0.15, 0.2) is 0 Å². The van der Waals surface area contributed by atoms with E-state index in [0.717, 1.165) is 59.7 Å². The molecule has 36 heavy (non-hydrogen) atoms. The van der Waals surface area contributed by atoms with Crippen LogP contribution in [0.3, 0.4) is 0 Å². The van der Waals surface area contributed by atoms with E-state index in [1.807, 2.05) is 37.3 Å². The van der Waals surface area contributed by atoms with Crippen molar-refractivity contribution in [3.8, 4) is 11.1 Å². The van der Waals surface area contributed by atoms with E-state index in [0.29, 0.717) is 37.4 Å². The lowest BCUT2D eigenvalue weighted by Gasteiger charge is -2.27. The maximum Gasteiger partial charge on any atom is 0.407 e. The van der Waals surface area contributed by atoms with Crippen molar-refractivity contribution in [2.45, 2.75) is 39.2 Å². The number of amides is 3. The van der Waals surface area contributed by atoms with Crippen molar-refractivity contribution < 1.29 is 14.3 Å². The maximum absolute atomic E-state index is 12.4. The number of benzene rings is 1. The van der Waals surface area contributed by atoms with Crippen LogP contribution in [0.25, 0.3) is 21.9 Å². The zero-order valence-electron chi connectivity index (χ0n) is 20.6. The molecular weight excluding hydrogens is 456 g/mol. The normalized spacial score (nSPS) is 17.4. The van der Waals surface area contributed by atoms with Crippen LogP contribution in [0.4, 0.5) is 15.4 Å². The van der Waals surface area contributed by atoms with Crippen LogP contribution in [0, 0.1) is 11.8 Å². The smallest absolute Gasteiger partial charge is 0.407 e. The molecule has 1 fully saturated rings. The Hall–Kier alpha value is -3.72. The van der Waals surface area contributed by atoms with Gasteiger partial charge >= 0.3 is 12.1 Å². The Morgan fingerprint density at radius 2 is 1.78 bits per heavy atom. The standard InChI is InChI=1S/C27H34N6O3/c1-2-30-26(34)33-25-13-23-22(20-9-11-29-12-10-20)8-7-21(24(23)16-31-25)15-32-27(35)36-17-19-5-3-18(14-28)4-6-19/h7-13,16,18-19H,2-6,14-15,17,28H2,1H3,(H,32,35)(H2,30,31,33,34)/t18-,19-. The van der Waals surface area contributed by atoms with Crippen molar-refractivity contribution in [1.82, 2.24) is 20.6 Å². The van der Waals surface area contributed by atoms with Gasteiger partial charge < -0.3 is 21.1 Å². The van der Waals surface area contributed by atoms with Gasteiger partial charge in [-0.25, -0.2) is 14.6 Å². The fraction of sp³-hybridized carbons (Fsp3) is 0.407. The number of carbonyl (C=O) groups is 2. The number of fused-ring (bicyclic) bond motifs is 1. The van der Waals surface area contributed by atoms with Crippen LogP contribution in [-0.4, -0.2) is 41.8 Å². The van der Waals surface area contributed by atoms with Gasteiger partial charge in [-0.15, -0.1) is 0 Å². The topological polar surface area (TPSA) is 131 Å². The highest BCUT2D eigenvalue weighted by Crippen LogP contribution is 2.32. The number of nitrogens with one attached hydrogen (secondary N) is 3. The van der Waals surface area contributed by atoms with Gasteiger partial charge in [0.05, 0.1) is 6.61 Å². The molecule has 0 unspecified atom stereocenters. The molecule has 9 nitrogen and oxygen atoms in total. The number of nitrogens with two attached hydrogens (primary N) is 1. The predicted molar refractivity (Wildman–Crippen MR) is 140 cm³/mol. The van der Waals surface area contributed by atoms with Crippen molar-refractivity contribution in [3.63, 3.8) is 0 Å². The van der Waals surface area contributed by atoms with E-state index in [4.69, 9.17) is 10.5 Å². The number of urea groups is 1. The van der Waals surface area contributed by atoms with Crippen LogP contribution in [0.5, 0.6) is 0 Å². The number of nitrogens with zero attached hydrogens (tertiary/aromatic N) is 2. The molecular formula is C27H34N6O3. The molecule has 9 heteroatoms. The molecule has 0 aliphatic heterocycles. The third kappa shape index (κ3) is 6.48. The maximum atomic E-state index is 12.4. The fourth-order valence-corrected chi connectivity index (χ4v) is 4.67. The van der Waals surface area contributed by atoms with Gasteiger partial charge in [-0.3, -0.25) is 10.3 Å². The second-order valence-electron chi connectivity index (χ2n) is 9.18. The number of carbonyl (C=O) groups excluding carboxylic acids is 2. The summed E-state index contributed by atoms with van der Waals surface area (Å²) in [5.74, 6) is 1.44. The Bertz CT molecular complexity index is 1180. The summed E-state index contributed by atoms with van der Waals surface area (Å²) in [5.41, 5.74) is 8.64. The van der Waals surface area contributed by atoms with E-state index in [9.17, 15) is 9.59 Å². The molecule has 0 radical (unpaired) electrons. The summed E-state index contributed by atoms with van der Waals surface area (Å²) in [6, 6.07) is 9.38.